The van der Waals surface area contributed by atoms with Crippen LogP contribution in [0, 0.1) is 5.41 Å². The number of hydrogen-bond acceptors (Lipinski definition) is 4. The summed E-state index contributed by atoms with van der Waals surface area (Å²) in [6.45, 7) is 4.79. The number of halogens is 1. The molecule has 1 aromatic rings. The fourth-order valence-corrected chi connectivity index (χ4v) is 3.84. The molecule has 0 spiro atoms. The van der Waals surface area contributed by atoms with Gasteiger partial charge in [0.05, 0.1) is 10.9 Å². The normalized spacial score (nSPS) is 24.0. The minimum atomic E-state index is 0.268. The highest BCUT2D eigenvalue weighted by atomic mass is 35.5. The second kappa shape index (κ2) is 6.35. The Morgan fingerprint density at radius 3 is 2.94 bits per heavy atom. The highest BCUT2D eigenvalue weighted by Crippen LogP contribution is 2.30. The van der Waals surface area contributed by atoms with E-state index in [0.29, 0.717) is 0 Å². The molecule has 0 aromatic carbocycles. The lowest BCUT2D eigenvalue weighted by Gasteiger charge is -2.32. The zero-order chi connectivity index (χ0) is 13.0. The summed E-state index contributed by atoms with van der Waals surface area (Å²) in [7, 11) is 4.18. The van der Waals surface area contributed by atoms with Gasteiger partial charge < -0.3 is 15.0 Å². The van der Waals surface area contributed by atoms with Gasteiger partial charge in [-0.15, -0.1) is 11.3 Å². The number of rotatable bonds is 6. The second-order valence-electron chi connectivity index (χ2n) is 5.21. The molecule has 0 bridgehead atoms. The molecule has 1 unspecified atom stereocenters. The Hall–Kier alpha value is -0.130. The van der Waals surface area contributed by atoms with Crippen LogP contribution in [0.25, 0.3) is 0 Å². The molecule has 1 saturated heterocycles. The van der Waals surface area contributed by atoms with Gasteiger partial charge in [-0.2, -0.15) is 0 Å². The van der Waals surface area contributed by atoms with Crippen molar-refractivity contribution in [2.75, 3.05) is 40.4 Å². The van der Waals surface area contributed by atoms with Crippen molar-refractivity contribution in [1.82, 2.24) is 10.2 Å². The van der Waals surface area contributed by atoms with Crippen molar-refractivity contribution >= 4 is 22.9 Å². The Balaban J connectivity index is 1.90. The molecule has 2 rings (SSSR count). The van der Waals surface area contributed by atoms with Crippen molar-refractivity contribution in [3.63, 3.8) is 0 Å². The third kappa shape index (κ3) is 3.68. The molecule has 102 valence electrons. The van der Waals surface area contributed by atoms with E-state index in [1.807, 2.05) is 13.1 Å². The highest BCUT2D eigenvalue weighted by molar-refractivity contribution is 7.16. The van der Waals surface area contributed by atoms with Gasteiger partial charge in [-0.1, -0.05) is 11.6 Å². The van der Waals surface area contributed by atoms with Crippen LogP contribution in [-0.4, -0.2) is 45.3 Å². The van der Waals surface area contributed by atoms with Gasteiger partial charge in [0.15, 0.2) is 0 Å². The second-order valence-corrected chi connectivity index (χ2v) is 7.01. The molecule has 0 saturated carbocycles. The Kier molecular flexibility index (Phi) is 5.04. The van der Waals surface area contributed by atoms with E-state index in [0.717, 1.165) is 43.6 Å². The SMILES string of the molecule is CNCC1(CN(C)Cc2ccc(Cl)s2)CCOC1. The highest BCUT2D eigenvalue weighted by Gasteiger charge is 2.35. The number of nitrogens with zero attached hydrogens (tertiary/aromatic N) is 1. The fraction of sp³-hybridized carbons (Fsp3) is 0.692. The Bertz CT molecular complexity index is 377. The predicted molar refractivity (Wildman–Crippen MR) is 77.5 cm³/mol. The lowest BCUT2D eigenvalue weighted by molar-refractivity contribution is 0.118. The molecule has 1 fully saturated rings. The van der Waals surface area contributed by atoms with Crippen LogP contribution >= 0.6 is 22.9 Å². The topological polar surface area (TPSA) is 24.5 Å². The molecule has 1 aromatic heterocycles. The number of nitrogens with one attached hydrogen (secondary N) is 1. The largest absolute Gasteiger partial charge is 0.381 e. The van der Waals surface area contributed by atoms with Crippen LogP contribution in [0.2, 0.25) is 4.34 Å². The summed E-state index contributed by atoms with van der Waals surface area (Å²) >= 11 is 7.62. The zero-order valence-electron chi connectivity index (χ0n) is 11.0. The first-order valence-electron chi connectivity index (χ1n) is 6.29. The van der Waals surface area contributed by atoms with Crippen LogP contribution in [0.5, 0.6) is 0 Å². The molecule has 3 nitrogen and oxygen atoms in total. The summed E-state index contributed by atoms with van der Waals surface area (Å²) in [4.78, 5) is 3.69. The van der Waals surface area contributed by atoms with E-state index in [2.05, 4.69) is 23.3 Å². The lowest BCUT2D eigenvalue weighted by atomic mass is 9.86. The molecule has 0 aliphatic carbocycles. The summed E-state index contributed by atoms with van der Waals surface area (Å²) in [6, 6.07) is 4.08. The van der Waals surface area contributed by atoms with Crippen LogP contribution in [0.3, 0.4) is 0 Å². The fourth-order valence-electron chi connectivity index (χ4n) is 2.68. The van der Waals surface area contributed by atoms with Crippen LogP contribution in [0.15, 0.2) is 12.1 Å². The van der Waals surface area contributed by atoms with Crippen molar-refractivity contribution < 1.29 is 4.74 Å². The molecule has 5 heteroatoms. The van der Waals surface area contributed by atoms with E-state index in [1.54, 1.807) is 11.3 Å². The maximum atomic E-state index is 5.96. The van der Waals surface area contributed by atoms with Gasteiger partial charge in [-0.05, 0) is 32.6 Å². The predicted octanol–water partition coefficient (Wildman–Crippen LogP) is 2.46. The molecular formula is C13H21ClN2OS. The molecule has 1 aliphatic rings. The van der Waals surface area contributed by atoms with Gasteiger partial charge >= 0.3 is 0 Å². The summed E-state index contributed by atoms with van der Waals surface area (Å²) in [5.41, 5.74) is 0.268. The summed E-state index contributed by atoms with van der Waals surface area (Å²) in [5.74, 6) is 0. The maximum Gasteiger partial charge on any atom is 0.0931 e. The van der Waals surface area contributed by atoms with Gasteiger partial charge in [0.2, 0.25) is 0 Å². The van der Waals surface area contributed by atoms with Gasteiger partial charge in [0.25, 0.3) is 0 Å². The zero-order valence-corrected chi connectivity index (χ0v) is 12.6. The Labute approximate surface area is 118 Å². The number of ether oxygens (including phenoxy) is 1. The average Bonchev–Trinajstić information content (AvgIpc) is 2.89. The minimum Gasteiger partial charge on any atom is -0.381 e. The van der Waals surface area contributed by atoms with E-state index in [-0.39, 0.29) is 5.41 Å². The first-order valence-corrected chi connectivity index (χ1v) is 7.48. The van der Waals surface area contributed by atoms with Crippen molar-refractivity contribution in [2.24, 2.45) is 5.41 Å². The standard InChI is InChI=1S/C13H21ClN2OS/c1-15-8-13(5-6-17-10-13)9-16(2)7-11-3-4-12(14)18-11/h3-4,15H,5-10H2,1-2H3. The first kappa shape index (κ1) is 14.3. The van der Waals surface area contributed by atoms with Crippen LogP contribution in [-0.2, 0) is 11.3 Å². The molecule has 2 heterocycles. The first-order chi connectivity index (χ1) is 8.63. The third-order valence-electron chi connectivity index (χ3n) is 3.40. The van der Waals surface area contributed by atoms with Gasteiger partial charge in [0, 0.05) is 36.5 Å². The van der Waals surface area contributed by atoms with Crippen LogP contribution in [0.1, 0.15) is 11.3 Å². The Morgan fingerprint density at radius 2 is 2.39 bits per heavy atom. The van der Waals surface area contributed by atoms with Crippen LogP contribution in [0.4, 0.5) is 0 Å². The summed E-state index contributed by atoms with van der Waals surface area (Å²) in [6.07, 6.45) is 1.14. The molecule has 1 atom stereocenters. The maximum absolute atomic E-state index is 5.96. The van der Waals surface area contributed by atoms with Gasteiger partial charge in [-0.25, -0.2) is 0 Å². The van der Waals surface area contributed by atoms with E-state index in [9.17, 15) is 0 Å². The summed E-state index contributed by atoms with van der Waals surface area (Å²) in [5, 5.41) is 3.30. The molecule has 0 amide bonds. The number of thiophene rings is 1. The molecule has 0 radical (unpaired) electrons. The molecule has 18 heavy (non-hydrogen) atoms. The van der Waals surface area contributed by atoms with E-state index < -0.39 is 0 Å². The lowest BCUT2D eigenvalue weighted by Crippen LogP contribution is -2.42. The molecular weight excluding hydrogens is 268 g/mol. The van der Waals surface area contributed by atoms with E-state index in [1.165, 1.54) is 4.88 Å². The van der Waals surface area contributed by atoms with E-state index in [4.69, 9.17) is 16.3 Å². The molecule has 1 N–H and O–H groups in total. The average molecular weight is 289 g/mol. The Morgan fingerprint density at radius 1 is 1.56 bits per heavy atom. The third-order valence-corrected chi connectivity index (χ3v) is 4.61. The van der Waals surface area contributed by atoms with Gasteiger partial charge in [-0.3, -0.25) is 0 Å². The summed E-state index contributed by atoms with van der Waals surface area (Å²) < 4.78 is 6.45. The van der Waals surface area contributed by atoms with Crippen molar-refractivity contribution in [1.29, 1.82) is 0 Å². The van der Waals surface area contributed by atoms with Crippen molar-refractivity contribution in [3.05, 3.63) is 21.3 Å². The quantitative estimate of drug-likeness (QED) is 0.870. The van der Waals surface area contributed by atoms with E-state index >= 15 is 0 Å². The molecule has 1 aliphatic heterocycles. The van der Waals surface area contributed by atoms with Crippen molar-refractivity contribution in [2.45, 2.75) is 13.0 Å². The van der Waals surface area contributed by atoms with Gasteiger partial charge in [0.1, 0.15) is 0 Å². The smallest absolute Gasteiger partial charge is 0.0931 e. The van der Waals surface area contributed by atoms with Crippen molar-refractivity contribution in [3.8, 4) is 0 Å². The minimum absolute atomic E-state index is 0.268. The number of hydrogen-bond donors (Lipinski definition) is 1. The van der Waals surface area contributed by atoms with Crippen LogP contribution < -0.4 is 5.32 Å². The monoisotopic (exact) mass is 288 g/mol.